The van der Waals surface area contributed by atoms with Gasteiger partial charge in [0.25, 0.3) is 0 Å². The summed E-state index contributed by atoms with van der Waals surface area (Å²) in [6.45, 7) is 3.27. The molecule has 0 heterocycles. The number of hydrogen-bond donors (Lipinski definition) is 1. The van der Waals surface area contributed by atoms with Crippen molar-refractivity contribution in [2.75, 3.05) is 0 Å². The lowest BCUT2D eigenvalue weighted by Crippen LogP contribution is -2.23. The molecule has 0 amide bonds. The van der Waals surface area contributed by atoms with E-state index in [1.165, 1.54) is 6.92 Å². The molecule has 80 valence electrons. The highest BCUT2D eigenvalue weighted by atomic mass is 16.4. The first-order valence-corrected chi connectivity index (χ1v) is 4.79. The number of Topliss-reactive ketones (excluding diaryl/α,β-unsaturated/α-hetero) is 1. The van der Waals surface area contributed by atoms with Gasteiger partial charge in [-0.15, -0.1) is 0 Å². The largest absolute Gasteiger partial charge is 0.481 e. The van der Waals surface area contributed by atoms with Crippen LogP contribution in [0.15, 0.2) is 24.3 Å². The summed E-state index contributed by atoms with van der Waals surface area (Å²) in [5, 5.41) is 8.84. The number of carboxylic acid groups (broad SMARTS) is 1. The predicted molar refractivity (Wildman–Crippen MR) is 56.7 cm³/mol. The van der Waals surface area contributed by atoms with Gasteiger partial charge < -0.3 is 5.11 Å². The maximum atomic E-state index is 11.1. The van der Waals surface area contributed by atoms with E-state index in [1.807, 2.05) is 31.2 Å². The molecule has 0 bridgehead atoms. The average molecular weight is 206 g/mol. The first kappa shape index (κ1) is 11.4. The molecular formula is C12H14O3. The lowest BCUT2D eigenvalue weighted by Gasteiger charge is -2.08. The third kappa shape index (κ3) is 3.20. The fraction of sp³-hybridized carbons (Fsp3) is 0.333. The van der Waals surface area contributed by atoms with Crippen molar-refractivity contribution in [3.8, 4) is 0 Å². The van der Waals surface area contributed by atoms with Gasteiger partial charge in [-0.2, -0.15) is 0 Å². The van der Waals surface area contributed by atoms with E-state index in [-0.39, 0.29) is 12.2 Å². The zero-order chi connectivity index (χ0) is 11.4. The van der Waals surface area contributed by atoms with Crippen LogP contribution in [0.5, 0.6) is 0 Å². The number of carboxylic acids is 1. The maximum absolute atomic E-state index is 11.1. The Morgan fingerprint density at radius 1 is 1.27 bits per heavy atom. The fourth-order valence-electron chi connectivity index (χ4n) is 1.36. The summed E-state index contributed by atoms with van der Waals surface area (Å²) < 4.78 is 0. The van der Waals surface area contributed by atoms with Gasteiger partial charge in [0.05, 0.1) is 0 Å². The molecule has 0 aromatic heterocycles. The number of aliphatic carboxylic acids is 1. The molecule has 1 aromatic carbocycles. The summed E-state index contributed by atoms with van der Waals surface area (Å²) in [5.74, 6) is -2.28. The van der Waals surface area contributed by atoms with Gasteiger partial charge in [-0.05, 0) is 25.8 Å². The second-order valence-corrected chi connectivity index (χ2v) is 3.69. The van der Waals surface area contributed by atoms with Gasteiger partial charge in [-0.3, -0.25) is 9.59 Å². The number of aryl methyl sites for hydroxylation is 1. The number of carbonyl (C=O) groups is 2. The van der Waals surface area contributed by atoms with E-state index in [0.717, 1.165) is 11.1 Å². The molecule has 0 spiro atoms. The molecular weight excluding hydrogens is 192 g/mol. The highest BCUT2D eigenvalue weighted by molar-refractivity contribution is 5.97. The van der Waals surface area contributed by atoms with E-state index in [1.54, 1.807) is 0 Å². The summed E-state index contributed by atoms with van der Waals surface area (Å²) in [6, 6.07) is 7.53. The lowest BCUT2D eigenvalue weighted by atomic mass is 9.96. The lowest BCUT2D eigenvalue weighted by molar-refractivity contribution is -0.145. The van der Waals surface area contributed by atoms with Crippen molar-refractivity contribution >= 4 is 11.8 Å². The number of benzene rings is 1. The average Bonchev–Trinajstić information content (AvgIpc) is 2.15. The van der Waals surface area contributed by atoms with Crippen LogP contribution in [0.2, 0.25) is 0 Å². The molecule has 0 aliphatic carbocycles. The standard InChI is InChI=1S/C12H14O3/c1-8-3-5-10(6-4-8)7-11(9(2)13)12(14)15/h3-6,11H,7H2,1-2H3,(H,14,15). The van der Waals surface area contributed by atoms with E-state index in [9.17, 15) is 9.59 Å². The van der Waals surface area contributed by atoms with E-state index >= 15 is 0 Å². The zero-order valence-electron chi connectivity index (χ0n) is 8.86. The molecule has 0 aliphatic rings. The molecule has 1 aromatic rings. The van der Waals surface area contributed by atoms with Gasteiger partial charge in [0.15, 0.2) is 0 Å². The molecule has 0 saturated heterocycles. The van der Waals surface area contributed by atoms with Crippen molar-refractivity contribution in [3.63, 3.8) is 0 Å². The molecule has 0 saturated carbocycles. The normalized spacial score (nSPS) is 12.1. The minimum absolute atomic E-state index is 0.269. The summed E-state index contributed by atoms with van der Waals surface area (Å²) in [6.07, 6.45) is 0.269. The molecule has 3 nitrogen and oxygen atoms in total. The Labute approximate surface area is 88.7 Å². The molecule has 0 radical (unpaired) electrons. The Hall–Kier alpha value is -1.64. The third-order valence-electron chi connectivity index (χ3n) is 2.35. The quantitative estimate of drug-likeness (QED) is 0.764. The minimum Gasteiger partial charge on any atom is -0.481 e. The Kier molecular flexibility index (Phi) is 3.61. The predicted octanol–water partition coefficient (Wildman–Crippen LogP) is 1.83. The van der Waals surface area contributed by atoms with Gasteiger partial charge in [0.2, 0.25) is 0 Å². The topological polar surface area (TPSA) is 54.4 Å². The van der Waals surface area contributed by atoms with Gasteiger partial charge >= 0.3 is 5.97 Å². The van der Waals surface area contributed by atoms with Crippen LogP contribution in [0.3, 0.4) is 0 Å². The SMILES string of the molecule is CC(=O)C(Cc1ccc(C)cc1)C(=O)O. The van der Waals surface area contributed by atoms with Crippen LogP contribution < -0.4 is 0 Å². The summed E-state index contributed by atoms with van der Waals surface area (Å²) >= 11 is 0. The highest BCUT2D eigenvalue weighted by Gasteiger charge is 2.22. The fourth-order valence-corrected chi connectivity index (χ4v) is 1.36. The van der Waals surface area contributed by atoms with Crippen LogP contribution in [0.25, 0.3) is 0 Å². The molecule has 1 unspecified atom stereocenters. The van der Waals surface area contributed by atoms with Crippen LogP contribution in [0.1, 0.15) is 18.1 Å². The second kappa shape index (κ2) is 4.73. The Balaban J connectivity index is 2.79. The van der Waals surface area contributed by atoms with Crippen LogP contribution >= 0.6 is 0 Å². The van der Waals surface area contributed by atoms with Crippen molar-refractivity contribution in [2.24, 2.45) is 5.92 Å². The molecule has 1 N–H and O–H groups in total. The Morgan fingerprint density at radius 3 is 2.20 bits per heavy atom. The van der Waals surface area contributed by atoms with Crippen molar-refractivity contribution in [2.45, 2.75) is 20.3 Å². The van der Waals surface area contributed by atoms with Gasteiger partial charge in [-0.1, -0.05) is 29.8 Å². The molecule has 0 fully saturated rings. The van der Waals surface area contributed by atoms with Crippen molar-refractivity contribution in [3.05, 3.63) is 35.4 Å². The Morgan fingerprint density at radius 2 is 1.80 bits per heavy atom. The number of carbonyl (C=O) groups excluding carboxylic acids is 1. The minimum atomic E-state index is -1.05. The maximum Gasteiger partial charge on any atom is 0.314 e. The van der Waals surface area contributed by atoms with Crippen molar-refractivity contribution in [1.82, 2.24) is 0 Å². The van der Waals surface area contributed by atoms with E-state index in [4.69, 9.17) is 5.11 Å². The van der Waals surface area contributed by atoms with Crippen molar-refractivity contribution < 1.29 is 14.7 Å². The monoisotopic (exact) mass is 206 g/mol. The van der Waals surface area contributed by atoms with Gasteiger partial charge in [-0.25, -0.2) is 0 Å². The smallest absolute Gasteiger partial charge is 0.314 e. The molecule has 1 atom stereocenters. The third-order valence-corrected chi connectivity index (χ3v) is 2.35. The first-order valence-electron chi connectivity index (χ1n) is 4.79. The first-order chi connectivity index (χ1) is 7.00. The molecule has 15 heavy (non-hydrogen) atoms. The van der Waals surface area contributed by atoms with Crippen LogP contribution in [0, 0.1) is 12.8 Å². The van der Waals surface area contributed by atoms with Gasteiger partial charge in [0.1, 0.15) is 11.7 Å². The molecule has 0 aliphatic heterocycles. The number of hydrogen-bond acceptors (Lipinski definition) is 2. The second-order valence-electron chi connectivity index (χ2n) is 3.69. The number of ketones is 1. The van der Waals surface area contributed by atoms with Crippen molar-refractivity contribution in [1.29, 1.82) is 0 Å². The molecule has 3 heteroatoms. The van der Waals surface area contributed by atoms with E-state index < -0.39 is 11.9 Å². The van der Waals surface area contributed by atoms with E-state index in [2.05, 4.69) is 0 Å². The van der Waals surface area contributed by atoms with Gasteiger partial charge in [0, 0.05) is 0 Å². The summed E-state index contributed by atoms with van der Waals surface area (Å²) in [7, 11) is 0. The van der Waals surface area contributed by atoms with E-state index in [0.29, 0.717) is 0 Å². The van der Waals surface area contributed by atoms with Crippen LogP contribution in [-0.2, 0) is 16.0 Å². The van der Waals surface area contributed by atoms with Crippen LogP contribution in [0.4, 0.5) is 0 Å². The summed E-state index contributed by atoms with van der Waals surface area (Å²) in [4.78, 5) is 21.9. The Bertz CT molecular complexity index is 351. The zero-order valence-corrected chi connectivity index (χ0v) is 8.86. The summed E-state index contributed by atoms with van der Waals surface area (Å²) in [5.41, 5.74) is 2.00. The number of rotatable bonds is 4. The molecule has 1 rings (SSSR count). The van der Waals surface area contributed by atoms with Crippen LogP contribution in [-0.4, -0.2) is 16.9 Å². The highest BCUT2D eigenvalue weighted by Crippen LogP contribution is 2.11.